The van der Waals surface area contributed by atoms with E-state index < -0.39 is 5.50 Å². The number of benzene rings is 2. The monoisotopic (exact) mass is 208 g/mol. The fourth-order valence-electron chi connectivity index (χ4n) is 1.67. The van der Waals surface area contributed by atoms with E-state index in [2.05, 4.69) is 0 Å². The second-order valence-electron chi connectivity index (χ2n) is 4.00. The highest BCUT2D eigenvalue weighted by molar-refractivity contribution is 6.16. The van der Waals surface area contributed by atoms with E-state index in [4.69, 9.17) is 7.85 Å². The molecule has 0 aliphatic heterocycles. The molecule has 2 heteroatoms. The zero-order chi connectivity index (χ0) is 11.6. The van der Waals surface area contributed by atoms with Crippen molar-refractivity contribution in [3.8, 4) is 0 Å². The largest absolute Gasteiger partial charge is 0.391 e. The molecule has 0 aliphatic carbocycles. The molecule has 0 bridgehead atoms. The highest BCUT2D eigenvalue weighted by Crippen LogP contribution is 2.25. The molecule has 0 spiro atoms. The van der Waals surface area contributed by atoms with Crippen LogP contribution < -0.4 is 0 Å². The minimum Gasteiger partial charge on any atom is -0.391 e. The zero-order valence-electron chi connectivity index (χ0n) is 9.22. The van der Waals surface area contributed by atoms with Crippen LogP contribution >= 0.6 is 0 Å². The summed E-state index contributed by atoms with van der Waals surface area (Å²) in [7, 11) is 5.96. The topological polar surface area (TPSA) is 20.2 Å². The lowest BCUT2D eigenvalue weighted by Gasteiger charge is -2.25. The second kappa shape index (κ2) is 4.15. The minimum atomic E-state index is -1.42. The van der Waals surface area contributed by atoms with Crippen LogP contribution in [0.2, 0.25) is 0 Å². The molecule has 0 amide bonds. The van der Waals surface area contributed by atoms with Crippen molar-refractivity contribution in [2.45, 2.75) is 12.4 Å². The van der Waals surface area contributed by atoms with Gasteiger partial charge < -0.3 is 5.11 Å². The molecule has 2 rings (SSSR count). The summed E-state index contributed by atoms with van der Waals surface area (Å²) in [5.41, 5.74) is 1.12. The predicted molar refractivity (Wildman–Crippen MR) is 66.4 cm³/mol. The molecule has 0 saturated heterocycles. The van der Waals surface area contributed by atoms with E-state index in [-0.39, 0.29) is 0 Å². The standard InChI is InChI=1S/C14H13BO/c1-11-7-9-13(10-8-11)14(15,16)12-5-3-2-4-6-12/h2-10,16H,1H3. The first-order valence-electron chi connectivity index (χ1n) is 5.24. The fraction of sp³-hybridized carbons (Fsp3) is 0.143. The molecular weight excluding hydrogens is 195 g/mol. The maximum Gasteiger partial charge on any atom is 0.126 e. The van der Waals surface area contributed by atoms with E-state index in [1.165, 1.54) is 0 Å². The first-order valence-corrected chi connectivity index (χ1v) is 5.24. The van der Waals surface area contributed by atoms with Crippen LogP contribution in [0.4, 0.5) is 0 Å². The Morgan fingerprint density at radius 1 is 0.875 bits per heavy atom. The lowest BCUT2D eigenvalue weighted by molar-refractivity contribution is 0.172. The Morgan fingerprint density at radius 3 is 1.94 bits per heavy atom. The number of hydrogen-bond acceptors (Lipinski definition) is 1. The van der Waals surface area contributed by atoms with E-state index in [9.17, 15) is 5.11 Å². The van der Waals surface area contributed by atoms with Crippen LogP contribution in [0.1, 0.15) is 16.7 Å². The van der Waals surface area contributed by atoms with Gasteiger partial charge in [0.2, 0.25) is 0 Å². The third-order valence-electron chi connectivity index (χ3n) is 2.71. The molecule has 1 unspecified atom stereocenters. The third-order valence-corrected chi connectivity index (χ3v) is 2.71. The number of aliphatic hydroxyl groups is 1. The van der Waals surface area contributed by atoms with Gasteiger partial charge in [0.1, 0.15) is 7.85 Å². The van der Waals surface area contributed by atoms with Gasteiger partial charge in [-0.1, -0.05) is 60.2 Å². The molecule has 2 aromatic carbocycles. The average molecular weight is 208 g/mol. The van der Waals surface area contributed by atoms with Gasteiger partial charge in [0.15, 0.2) is 0 Å². The SMILES string of the molecule is [B]C(O)(c1ccccc1)c1ccc(C)cc1. The highest BCUT2D eigenvalue weighted by Gasteiger charge is 2.24. The summed E-state index contributed by atoms with van der Waals surface area (Å²) >= 11 is 0. The van der Waals surface area contributed by atoms with Gasteiger partial charge in [-0.3, -0.25) is 0 Å². The summed E-state index contributed by atoms with van der Waals surface area (Å²) in [6.07, 6.45) is 0. The zero-order valence-corrected chi connectivity index (χ0v) is 9.22. The van der Waals surface area contributed by atoms with Gasteiger partial charge in [-0.25, -0.2) is 0 Å². The number of aryl methyl sites for hydroxylation is 1. The van der Waals surface area contributed by atoms with Crippen LogP contribution in [0.5, 0.6) is 0 Å². The van der Waals surface area contributed by atoms with Crippen molar-refractivity contribution < 1.29 is 5.11 Å². The van der Waals surface area contributed by atoms with Crippen molar-refractivity contribution in [2.24, 2.45) is 0 Å². The fourth-order valence-corrected chi connectivity index (χ4v) is 1.67. The summed E-state index contributed by atoms with van der Waals surface area (Å²) in [6, 6.07) is 16.8. The molecule has 0 fully saturated rings. The molecule has 1 atom stereocenters. The molecule has 0 heterocycles. The first kappa shape index (κ1) is 11.0. The van der Waals surface area contributed by atoms with Gasteiger partial charge in [0.05, 0.1) is 5.50 Å². The van der Waals surface area contributed by atoms with E-state index >= 15 is 0 Å². The van der Waals surface area contributed by atoms with Crippen molar-refractivity contribution in [3.05, 3.63) is 71.3 Å². The second-order valence-corrected chi connectivity index (χ2v) is 4.00. The van der Waals surface area contributed by atoms with Crippen LogP contribution in [0.25, 0.3) is 0 Å². The van der Waals surface area contributed by atoms with Crippen LogP contribution in [0.15, 0.2) is 54.6 Å². The van der Waals surface area contributed by atoms with Gasteiger partial charge in [-0.15, -0.1) is 0 Å². The van der Waals surface area contributed by atoms with Crippen LogP contribution in [0, 0.1) is 6.92 Å². The van der Waals surface area contributed by atoms with Crippen molar-refractivity contribution in [1.29, 1.82) is 0 Å². The van der Waals surface area contributed by atoms with Gasteiger partial charge >= 0.3 is 0 Å². The summed E-state index contributed by atoms with van der Waals surface area (Å²) in [6.45, 7) is 2.00. The summed E-state index contributed by atoms with van der Waals surface area (Å²) in [5, 5.41) is 10.3. The Morgan fingerprint density at radius 2 is 1.38 bits per heavy atom. The number of hydrogen-bond donors (Lipinski definition) is 1. The van der Waals surface area contributed by atoms with Crippen molar-refractivity contribution in [2.75, 3.05) is 0 Å². The van der Waals surface area contributed by atoms with Gasteiger partial charge in [0, 0.05) is 0 Å². The third kappa shape index (κ3) is 2.02. The predicted octanol–water partition coefficient (Wildman–Crippen LogP) is 2.36. The number of rotatable bonds is 2. The average Bonchev–Trinajstić information content (AvgIpc) is 2.31. The smallest absolute Gasteiger partial charge is 0.126 e. The Bertz CT molecular complexity index is 460. The highest BCUT2D eigenvalue weighted by atomic mass is 16.3. The summed E-state index contributed by atoms with van der Waals surface area (Å²) in [4.78, 5) is 0. The van der Waals surface area contributed by atoms with Crippen molar-refractivity contribution >= 4 is 7.85 Å². The Balaban J connectivity index is 2.43. The molecular formula is C14H13BO. The maximum absolute atomic E-state index is 10.3. The molecule has 0 aliphatic rings. The molecule has 0 aromatic heterocycles. The van der Waals surface area contributed by atoms with Gasteiger partial charge in [0.25, 0.3) is 0 Å². The molecule has 2 radical (unpaired) electrons. The summed E-state index contributed by atoms with van der Waals surface area (Å²) < 4.78 is 0. The van der Waals surface area contributed by atoms with Crippen molar-refractivity contribution in [3.63, 3.8) is 0 Å². The van der Waals surface area contributed by atoms with E-state index in [1.807, 2.05) is 61.5 Å². The Labute approximate surface area is 97.2 Å². The van der Waals surface area contributed by atoms with E-state index in [1.54, 1.807) is 0 Å². The first-order chi connectivity index (χ1) is 7.60. The molecule has 78 valence electrons. The maximum atomic E-state index is 10.3. The molecule has 2 aromatic rings. The van der Waals surface area contributed by atoms with Gasteiger partial charge in [-0.05, 0) is 18.1 Å². The van der Waals surface area contributed by atoms with Crippen LogP contribution in [0.3, 0.4) is 0 Å². The summed E-state index contributed by atoms with van der Waals surface area (Å²) in [5.74, 6) is 0. The quantitative estimate of drug-likeness (QED) is 0.751. The lowest BCUT2D eigenvalue weighted by atomic mass is 9.71. The molecule has 16 heavy (non-hydrogen) atoms. The molecule has 0 saturated carbocycles. The van der Waals surface area contributed by atoms with Crippen LogP contribution in [-0.2, 0) is 5.50 Å². The molecule has 1 N–H and O–H groups in total. The van der Waals surface area contributed by atoms with Gasteiger partial charge in [-0.2, -0.15) is 0 Å². The normalized spacial score (nSPS) is 14.4. The Kier molecular flexibility index (Phi) is 2.84. The van der Waals surface area contributed by atoms with Crippen LogP contribution in [-0.4, -0.2) is 13.0 Å². The molecule has 1 nitrogen and oxygen atoms in total. The van der Waals surface area contributed by atoms with E-state index in [0.717, 1.165) is 5.56 Å². The van der Waals surface area contributed by atoms with Crippen molar-refractivity contribution in [1.82, 2.24) is 0 Å². The minimum absolute atomic E-state index is 0.693. The van der Waals surface area contributed by atoms with E-state index in [0.29, 0.717) is 11.1 Å². The lowest BCUT2D eigenvalue weighted by Crippen LogP contribution is -2.27. The Hall–Kier alpha value is -1.54.